The lowest BCUT2D eigenvalue weighted by atomic mass is 10.4. The third-order valence-electron chi connectivity index (χ3n) is 2.84. The van der Waals surface area contributed by atoms with E-state index in [9.17, 15) is 9.59 Å². The summed E-state index contributed by atoms with van der Waals surface area (Å²) in [6, 6.07) is 0. The van der Waals surface area contributed by atoms with Crippen molar-refractivity contribution in [1.82, 2.24) is 9.80 Å². The predicted molar refractivity (Wildman–Crippen MR) is 69.6 cm³/mol. The Bertz CT molecular complexity index is 479. The van der Waals surface area contributed by atoms with Crippen LogP contribution in [0.25, 0.3) is 0 Å². The van der Waals surface area contributed by atoms with Crippen molar-refractivity contribution < 1.29 is 9.59 Å². The quantitative estimate of drug-likeness (QED) is 0.487. The van der Waals surface area contributed by atoms with Crippen molar-refractivity contribution in [2.24, 2.45) is 21.5 Å². The van der Waals surface area contributed by atoms with Gasteiger partial charge in [-0.15, -0.1) is 0 Å². The molecule has 0 bridgehead atoms. The van der Waals surface area contributed by atoms with E-state index in [2.05, 4.69) is 9.98 Å². The largest absolute Gasteiger partial charge is 0.368 e. The van der Waals surface area contributed by atoms with Crippen molar-refractivity contribution in [2.75, 3.05) is 6.54 Å². The van der Waals surface area contributed by atoms with Gasteiger partial charge in [0, 0.05) is 19.4 Å². The number of rotatable bonds is 2. The van der Waals surface area contributed by atoms with Gasteiger partial charge in [0.05, 0.1) is 0 Å². The Morgan fingerprint density at radius 3 is 2.58 bits per heavy atom. The number of hydrogen-bond acceptors (Lipinski definition) is 7. The van der Waals surface area contributed by atoms with Crippen molar-refractivity contribution in [3.63, 3.8) is 0 Å². The molecule has 0 saturated carbocycles. The molecule has 2 rings (SSSR count). The SMILES string of the molecule is CC=CCN1C(N2C(=O)CCC2=O)=NC(N)=NC1N. The van der Waals surface area contributed by atoms with E-state index in [1.807, 2.05) is 19.1 Å². The molecule has 0 aliphatic carbocycles. The van der Waals surface area contributed by atoms with Crippen molar-refractivity contribution in [3.8, 4) is 0 Å². The molecule has 1 saturated heterocycles. The van der Waals surface area contributed by atoms with Crippen LogP contribution in [0, 0.1) is 0 Å². The topological polar surface area (TPSA) is 117 Å². The maximum atomic E-state index is 11.8. The zero-order valence-electron chi connectivity index (χ0n) is 10.6. The van der Waals surface area contributed by atoms with Crippen LogP contribution >= 0.6 is 0 Å². The van der Waals surface area contributed by atoms with Gasteiger partial charge in [-0.25, -0.2) is 9.89 Å². The summed E-state index contributed by atoms with van der Waals surface area (Å²) < 4.78 is 0. The van der Waals surface area contributed by atoms with Gasteiger partial charge in [-0.2, -0.15) is 4.99 Å². The smallest absolute Gasteiger partial charge is 0.236 e. The second-order valence-corrected chi connectivity index (χ2v) is 4.16. The molecule has 2 amide bonds. The minimum Gasteiger partial charge on any atom is -0.368 e. The van der Waals surface area contributed by atoms with E-state index in [1.54, 1.807) is 4.90 Å². The van der Waals surface area contributed by atoms with Crippen molar-refractivity contribution in [1.29, 1.82) is 0 Å². The normalized spacial score (nSPS) is 24.2. The molecule has 2 heterocycles. The summed E-state index contributed by atoms with van der Waals surface area (Å²) in [4.78, 5) is 34.0. The molecule has 2 aliphatic rings. The molecule has 0 aromatic heterocycles. The predicted octanol–water partition coefficient (Wildman–Crippen LogP) is -1.06. The van der Waals surface area contributed by atoms with E-state index in [4.69, 9.17) is 11.5 Å². The van der Waals surface area contributed by atoms with Gasteiger partial charge in [-0.1, -0.05) is 12.2 Å². The number of carbonyl (C=O) groups excluding carboxylic acids is 2. The molecular weight excluding hydrogens is 248 g/mol. The van der Waals surface area contributed by atoms with E-state index in [1.165, 1.54) is 0 Å². The Labute approximate surface area is 110 Å². The van der Waals surface area contributed by atoms with Crippen LogP contribution in [-0.4, -0.2) is 46.4 Å². The summed E-state index contributed by atoms with van der Waals surface area (Å²) in [5.74, 6) is -0.468. The molecule has 0 aromatic carbocycles. The second-order valence-electron chi connectivity index (χ2n) is 4.16. The van der Waals surface area contributed by atoms with Gasteiger partial charge >= 0.3 is 0 Å². The van der Waals surface area contributed by atoms with Crippen LogP contribution < -0.4 is 11.5 Å². The number of allylic oxidation sites excluding steroid dienone is 1. The number of amides is 2. The summed E-state index contributed by atoms with van der Waals surface area (Å²) in [5.41, 5.74) is 11.4. The first-order valence-corrected chi connectivity index (χ1v) is 5.95. The third-order valence-corrected chi connectivity index (χ3v) is 2.84. The van der Waals surface area contributed by atoms with E-state index >= 15 is 0 Å². The maximum absolute atomic E-state index is 11.8. The first-order valence-electron chi connectivity index (χ1n) is 5.95. The summed E-state index contributed by atoms with van der Waals surface area (Å²) >= 11 is 0. The lowest BCUT2D eigenvalue weighted by Gasteiger charge is -2.33. The molecule has 0 spiro atoms. The molecule has 0 aromatic rings. The number of imide groups is 1. The van der Waals surface area contributed by atoms with Crippen LogP contribution in [0.3, 0.4) is 0 Å². The highest BCUT2D eigenvalue weighted by atomic mass is 16.2. The average Bonchev–Trinajstić information content (AvgIpc) is 2.67. The molecule has 8 heteroatoms. The second kappa shape index (κ2) is 5.19. The van der Waals surface area contributed by atoms with Crippen molar-refractivity contribution in [2.45, 2.75) is 26.1 Å². The van der Waals surface area contributed by atoms with Gasteiger partial charge < -0.3 is 10.6 Å². The Kier molecular flexibility index (Phi) is 3.61. The van der Waals surface area contributed by atoms with E-state index in [-0.39, 0.29) is 36.6 Å². The molecule has 2 aliphatic heterocycles. The molecule has 1 unspecified atom stereocenters. The zero-order chi connectivity index (χ0) is 14.0. The van der Waals surface area contributed by atoms with Crippen LogP contribution in [0.5, 0.6) is 0 Å². The summed E-state index contributed by atoms with van der Waals surface area (Å²) in [6.07, 6.45) is 3.27. The highest BCUT2D eigenvalue weighted by molar-refractivity contribution is 6.18. The number of carbonyl (C=O) groups is 2. The molecular formula is C11H16N6O2. The van der Waals surface area contributed by atoms with Crippen molar-refractivity contribution >= 4 is 23.7 Å². The Morgan fingerprint density at radius 2 is 2.00 bits per heavy atom. The number of aliphatic imine (C=N–C) groups is 2. The van der Waals surface area contributed by atoms with Crippen LogP contribution in [0.4, 0.5) is 0 Å². The van der Waals surface area contributed by atoms with Crippen molar-refractivity contribution in [3.05, 3.63) is 12.2 Å². The fourth-order valence-electron chi connectivity index (χ4n) is 1.91. The molecule has 1 fully saturated rings. The summed E-state index contributed by atoms with van der Waals surface area (Å²) in [7, 11) is 0. The fourth-order valence-corrected chi connectivity index (χ4v) is 1.91. The zero-order valence-corrected chi connectivity index (χ0v) is 10.6. The maximum Gasteiger partial charge on any atom is 0.236 e. The standard InChI is InChI=1S/C11H16N6O2/c1-2-3-6-16-10(13)14-9(12)15-11(16)17-7(18)4-5-8(17)19/h2-3,10H,4-6,13H2,1H3,(H2,12,14). The molecule has 1 atom stereocenters. The lowest BCUT2D eigenvalue weighted by molar-refractivity contribution is -0.134. The Morgan fingerprint density at radius 1 is 1.37 bits per heavy atom. The number of nitrogens with two attached hydrogens (primary N) is 2. The van der Waals surface area contributed by atoms with Gasteiger partial charge in [-0.3, -0.25) is 15.3 Å². The van der Waals surface area contributed by atoms with Gasteiger partial charge in [-0.05, 0) is 6.92 Å². The summed E-state index contributed by atoms with van der Waals surface area (Å²) in [6.45, 7) is 2.25. The van der Waals surface area contributed by atoms with Gasteiger partial charge in [0.1, 0.15) is 0 Å². The molecule has 8 nitrogen and oxygen atoms in total. The lowest BCUT2D eigenvalue weighted by Crippen LogP contribution is -2.56. The minimum absolute atomic E-state index is 0.0354. The van der Waals surface area contributed by atoms with Crippen LogP contribution in [0.1, 0.15) is 19.8 Å². The first-order chi connectivity index (χ1) is 9.04. The average molecular weight is 264 g/mol. The van der Waals surface area contributed by atoms with E-state index < -0.39 is 6.29 Å². The number of hydrogen-bond donors (Lipinski definition) is 2. The molecule has 19 heavy (non-hydrogen) atoms. The Balaban J connectivity index is 2.34. The fraction of sp³-hybridized carbons (Fsp3) is 0.455. The highest BCUT2D eigenvalue weighted by Crippen LogP contribution is 2.17. The number of guanidine groups is 2. The Hall–Kier alpha value is -2.22. The monoisotopic (exact) mass is 264 g/mol. The van der Waals surface area contributed by atoms with Gasteiger partial charge in [0.25, 0.3) is 0 Å². The van der Waals surface area contributed by atoms with Gasteiger partial charge in [0.15, 0.2) is 6.29 Å². The number of likely N-dealkylation sites (tertiary alicyclic amines) is 1. The molecule has 0 radical (unpaired) electrons. The van der Waals surface area contributed by atoms with Crippen LogP contribution in [0.2, 0.25) is 0 Å². The van der Waals surface area contributed by atoms with Crippen LogP contribution in [-0.2, 0) is 9.59 Å². The first kappa shape index (κ1) is 13.2. The van der Waals surface area contributed by atoms with E-state index in [0.717, 1.165) is 4.90 Å². The molecule has 102 valence electrons. The summed E-state index contributed by atoms with van der Waals surface area (Å²) in [5, 5.41) is 0. The van der Waals surface area contributed by atoms with Crippen LogP contribution in [0.15, 0.2) is 22.1 Å². The third kappa shape index (κ3) is 2.48. The van der Waals surface area contributed by atoms with E-state index in [0.29, 0.717) is 6.54 Å². The minimum atomic E-state index is -0.759. The highest BCUT2D eigenvalue weighted by Gasteiger charge is 2.38. The number of nitrogens with zero attached hydrogens (tertiary/aromatic N) is 4. The molecule has 4 N–H and O–H groups in total. The van der Waals surface area contributed by atoms with Gasteiger partial charge in [0.2, 0.25) is 23.7 Å².